The van der Waals surface area contributed by atoms with E-state index in [4.69, 9.17) is 0 Å². The van der Waals surface area contributed by atoms with E-state index in [-0.39, 0.29) is 29.4 Å². The Morgan fingerprint density at radius 2 is 1.55 bits per heavy atom. The van der Waals surface area contributed by atoms with Gasteiger partial charge >= 0.3 is 0 Å². The zero-order valence-electron chi connectivity index (χ0n) is 23.5. The van der Waals surface area contributed by atoms with E-state index in [9.17, 15) is 19.5 Å². The quantitative estimate of drug-likeness (QED) is 0.451. The number of carbonyl (C=O) groups excluding carboxylic acids is 3. The number of carbonyl (C=O) groups is 3. The Kier molecular flexibility index (Phi) is 7.37. The summed E-state index contributed by atoms with van der Waals surface area (Å²) in [7, 11) is 0. The van der Waals surface area contributed by atoms with Crippen molar-refractivity contribution in [1.82, 2.24) is 0 Å². The molecular formula is C34H35N2O4-. The average Bonchev–Trinajstić information content (AvgIpc) is 3.06. The maximum absolute atomic E-state index is 14.1. The van der Waals surface area contributed by atoms with Crippen LogP contribution in [0.3, 0.4) is 0 Å². The number of fused-ring (bicyclic) bond motifs is 1. The van der Waals surface area contributed by atoms with Gasteiger partial charge in [-0.15, -0.1) is 0 Å². The second-order valence-corrected chi connectivity index (χ2v) is 11.9. The molecule has 0 radical (unpaired) electrons. The number of carboxylic acids is 1. The van der Waals surface area contributed by atoms with Gasteiger partial charge in [0.1, 0.15) is 0 Å². The van der Waals surface area contributed by atoms with Crippen LogP contribution in [0.15, 0.2) is 84.1 Å². The number of ketones is 1. The number of amides is 1. The second kappa shape index (κ2) is 10.8. The van der Waals surface area contributed by atoms with Crippen LogP contribution in [0.25, 0.3) is 0 Å². The van der Waals surface area contributed by atoms with Crippen LogP contribution in [-0.2, 0) is 19.8 Å². The fourth-order valence-corrected chi connectivity index (χ4v) is 5.75. The van der Waals surface area contributed by atoms with E-state index in [0.29, 0.717) is 29.8 Å². The van der Waals surface area contributed by atoms with Gasteiger partial charge < -0.3 is 15.2 Å². The van der Waals surface area contributed by atoms with Crippen LogP contribution in [0.1, 0.15) is 80.7 Å². The molecule has 2 aliphatic rings. The molecule has 1 heterocycles. The van der Waals surface area contributed by atoms with Crippen LogP contribution >= 0.6 is 0 Å². The lowest BCUT2D eigenvalue weighted by molar-refractivity contribution is -0.305. The van der Waals surface area contributed by atoms with Gasteiger partial charge in [-0.2, -0.15) is 0 Å². The molecule has 1 amide bonds. The third kappa shape index (κ3) is 5.44. The van der Waals surface area contributed by atoms with E-state index in [1.807, 2.05) is 55.5 Å². The first kappa shape index (κ1) is 27.4. The molecule has 1 aliphatic heterocycles. The minimum absolute atomic E-state index is 0.000986. The highest BCUT2D eigenvalue weighted by Crippen LogP contribution is 2.47. The number of Topliss-reactive ketones (excluding diaryl/α,β-unsaturated/α-hetero) is 1. The summed E-state index contributed by atoms with van der Waals surface area (Å²) in [4.78, 5) is 40.7. The number of allylic oxidation sites excluding steroid dienone is 1. The normalized spacial score (nSPS) is 18.9. The van der Waals surface area contributed by atoms with Gasteiger partial charge in [-0.25, -0.2) is 0 Å². The van der Waals surface area contributed by atoms with Crippen LogP contribution < -0.4 is 15.3 Å². The molecule has 6 heteroatoms. The molecule has 6 nitrogen and oxygen atoms in total. The Labute approximate surface area is 235 Å². The fourth-order valence-electron chi connectivity index (χ4n) is 5.75. The Morgan fingerprint density at radius 1 is 0.900 bits per heavy atom. The number of hydrogen-bond acceptors (Lipinski definition) is 5. The lowest BCUT2D eigenvalue weighted by atomic mass is 9.77. The maximum Gasteiger partial charge on any atom is 0.228 e. The molecule has 2 atom stereocenters. The Bertz CT molecular complexity index is 1480. The largest absolute Gasteiger partial charge is 0.550 e. The SMILES string of the molecule is Cc1ccc([C@H]2C3=C(C[C@@H](c4ccc(C(C)(C)C)cc4)CC3=O)Nc3ccccc3N2C(=O)CCC(=O)[O-])cc1. The van der Waals surface area contributed by atoms with Gasteiger partial charge in [0, 0.05) is 30.1 Å². The third-order valence-electron chi connectivity index (χ3n) is 7.94. The van der Waals surface area contributed by atoms with Crippen molar-refractivity contribution in [2.24, 2.45) is 0 Å². The molecular weight excluding hydrogens is 500 g/mol. The number of aliphatic carboxylic acids is 1. The van der Waals surface area contributed by atoms with E-state index >= 15 is 0 Å². The van der Waals surface area contributed by atoms with Crippen molar-refractivity contribution >= 4 is 29.0 Å². The lowest BCUT2D eigenvalue weighted by Gasteiger charge is -2.35. The zero-order valence-corrected chi connectivity index (χ0v) is 23.5. The van der Waals surface area contributed by atoms with Crippen molar-refractivity contribution in [3.63, 3.8) is 0 Å². The van der Waals surface area contributed by atoms with Crippen molar-refractivity contribution in [2.75, 3.05) is 10.2 Å². The topological polar surface area (TPSA) is 89.5 Å². The van der Waals surface area contributed by atoms with Gasteiger partial charge in [-0.3, -0.25) is 14.5 Å². The van der Waals surface area contributed by atoms with E-state index < -0.39 is 18.4 Å². The lowest BCUT2D eigenvalue weighted by Crippen LogP contribution is -2.39. The number of carboxylic acid groups (broad SMARTS) is 1. The summed E-state index contributed by atoms with van der Waals surface area (Å²) in [5.41, 5.74) is 6.95. The number of nitrogens with zero attached hydrogens (tertiary/aromatic N) is 1. The monoisotopic (exact) mass is 535 g/mol. The number of aryl methyl sites for hydroxylation is 1. The molecule has 0 unspecified atom stereocenters. The number of benzene rings is 3. The van der Waals surface area contributed by atoms with Gasteiger partial charge in [0.15, 0.2) is 5.78 Å². The van der Waals surface area contributed by atoms with Crippen LogP contribution in [0.4, 0.5) is 11.4 Å². The molecule has 3 aromatic carbocycles. The van der Waals surface area contributed by atoms with Crippen molar-refractivity contribution in [3.05, 3.63) is 106 Å². The summed E-state index contributed by atoms with van der Waals surface area (Å²) >= 11 is 0. The minimum Gasteiger partial charge on any atom is -0.550 e. The highest BCUT2D eigenvalue weighted by atomic mass is 16.4. The molecule has 0 fully saturated rings. The molecule has 3 aromatic rings. The second-order valence-electron chi connectivity index (χ2n) is 11.9. The highest BCUT2D eigenvalue weighted by molar-refractivity contribution is 6.06. The summed E-state index contributed by atoms with van der Waals surface area (Å²) in [6.45, 7) is 8.53. The maximum atomic E-state index is 14.1. The molecule has 1 aliphatic carbocycles. The van der Waals surface area contributed by atoms with E-state index in [2.05, 4.69) is 50.4 Å². The first-order valence-electron chi connectivity index (χ1n) is 13.8. The number of hydrogen-bond donors (Lipinski definition) is 1. The van der Waals surface area contributed by atoms with Crippen molar-refractivity contribution in [1.29, 1.82) is 0 Å². The predicted molar refractivity (Wildman–Crippen MR) is 155 cm³/mol. The van der Waals surface area contributed by atoms with E-state index in [0.717, 1.165) is 22.4 Å². The zero-order chi connectivity index (χ0) is 28.6. The molecule has 0 spiro atoms. The summed E-state index contributed by atoms with van der Waals surface area (Å²) < 4.78 is 0. The number of anilines is 2. The number of para-hydroxylation sites is 2. The molecule has 0 saturated carbocycles. The molecule has 206 valence electrons. The predicted octanol–water partition coefficient (Wildman–Crippen LogP) is 5.72. The van der Waals surface area contributed by atoms with Crippen LogP contribution in [0.2, 0.25) is 0 Å². The van der Waals surface area contributed by atoms with Gasteiger partial charge in [-0.05, 0) is 59.9 Å². The summed E-state index contributed by atoms with van der Waals surface area (Å²) in [6.07, 6.45) is 0.333. The fraction of sp³-hybridized carbons (Fsp3) is 0.324. The van der Waals surface area contributed by atoms with Gasteiger partial charge in [0.2, 0.25) is 5.91 Å². The highest BCUT2D eigenvalue weighted by Gasteiger charge is 2.41. The number of nitrogens with one attached hydrogen (secondary N) is 1. The first-order chi connectivity index (χ1) is 19.0. The average molecular weight is 536 g/mol. The van der Waals surface area contributed by atoms with Crippen molar-refractivity contribution < 1.29 is 19.5 Å². The Morgan fingerprint density at radius 3 is 2.20 bits per heavy atom. The van der Waals surface area contributed by atoms with Crippen LogP contribution in [-0.4, -0.2) is 17.7 Å². The van der Waals surface area contributed by atoms with E-state index in [1.165, 1.54) is 5.56 Å². The van der Waals surface area contributed by atoms with Gasteiger partial charge in [0.05, 0.1) is 17.4 Å². The standard InChI is InChI=1S/C34H36N2O4/c1-21-9-11-23(12-10-21)33-32-27(19-24(20-29(32)37)22-13-15-25(16-14-22)34(2,3)4)35-26-7-5-6-8-28(26)36(33)30(38)17-18-31(39)40/h5-16,24,33,35H,17-20H2,1-4H3,(H,39,40)/p-1/t24-,33+/m1/s1. The van der Waals surface area contributed by atoms with Crippen molar-refractivity contribution in [3.8, 4) is 0 Å². The summed E-state index contributed by atoms with van der Waals surface area (Å²) in [6, 6.07) is 23.2. The third-order valence-corrected chi connectivity index (χ3v) is 7.94. The Balaban J connectivity index is 1.63. The Hall–Kier alpha value is -4.19. The molecule has 40 heavy (non-hydrogen) atoms. The summed E-state index contributed by atoms with van der Waals surface area (Å²) in [5, 5.41) is 14.8. The van der Waals surface area contributed by atoms with E-state index in [1.54, 1.807) is 4.90 Å². The first-order valence-corrected chi connectivity index (χ1v) is 13.8. The van der Waals surface area contributed by atoms with Crippen molar-refractivity contribution in [2.45, 2.75) is 70.8 Å². The summed E-state index contributed by atoms with van der Waals surface area (Å²) in [5.74, 6) is -1.67. The van der Waals surface area contributed by atoms with Gasteiger partial charge in [0.25, 0.3) is 0 Å². The number of rotatable bonds is 5. The van der Waals surface area contributed by atoms with Crippen LogP contribution in [0.5, 0.6) is 0 Å². The van der Waals surface area contributed by atoms with Gasteiger partial charge in [-0.1, -0.05) is 87.0 Å². The molecule has 0 bridgehead atoms. The molecule has 5 rings (SSSR count). The van der Waals surface area contributed by atoms with Crippen LogP contribution in [0, 0.1) is 6.92 Å². The minimum atomic E-state index is -1.28. The molecule has 0 aromatic heterocycles. The molecule has 1 N–H and O–H groups in total. The smallest absolute Gasteiger partial charge is 0.228 e. The molecule has 0 saturated heterocycles.